The lowest BCUT2D eigenvalue weighted by atomic mass is 9.44. The topological polar surface area (TPSA) is 208 Å². The first-order valence-corrected chi connectivity index (χ1v) is 19.5. The molecule has 58 heavy (non-hydrogen) atoms. The number of amides is 1. The standard InChI is InChI=1S/C43H51N3O12/c1-22-26(55-37(51)32(49)30(24-15-11-9-12-16-24)44-38(52)58-39(3,4)5)20-43(53)35(56-36(50)25-17-13-10-14-18-25)33-41(8)27(19-28-42(33,21-54-28)57-23(2)47)45-46-34(41)31(48)29(22)40(43,6)7/h9-18,26-28,30,32-33,35,45,49,53H,19-21H2,1-8H3,(H,44,52)/t26-,27-,28+,30-,32+,33-,35-,41+,42-,43+/m0/s1. The van der Waals surface area contributed by atoms with Gasteiger partial charge in [-0.1, -0.05) is 69.3 Å². The molecule has 3 fully saturated rings. The fourth-order valence-electron chi connectivity index (χ4n) is 9.89. The highest BCUT2D eigenvalue weighted by Crippen LogP contribution is 2.64. The number of aliphatic hydroxyl groups excluding tert-OH is 1. The second kappa shape index (κ2) is 14.3. The maximum Gasteiger partial charge on any atom is 0.408 e. The fraction of sp³-hybridized carbons (Fsp3) is 0.535. The zero-order chi connectivity index (χ0) is 42.2. The van der Waals surface area contributed by atoms with Gasteiger partial charge < -0.3 is 44.6 Å². The molecule has 2 aromatic carbocycles. The highest BCUT2D eigenvalue weighted by Gasteiger charge is 2.78. The van der Waals surface area contributed by atoms with Gasteiger partial charge in [-0.3, -0.25) is 9.59 Å². The number of Topliss-reactive ketones (excluding diaryl/α,β-unsaturated/α-hetero) is 1. The van der Waals surface area contributed by atoms with Crippen LogP contribution >= 0.6 is 0 Å². The van der Waals surface area contributed by atoms with Crippen LogP contribution in [0, 0.1) is 16.7 Å². The van der Waals surface area contributed by atoms with Crippen molar-refractivity contribution in [2.24, 2.45) is 21.8 Å². The average Bonchev–Trinajstić information content (AvgIpc) is 3.48. The molecular formula is C43H51N3O12. The second-order valence-electron chi connectivity index (χ2n) is 17.7. The van der Waals surface area contributed by atoms with Crippen LogP contribution in [0.2, 0.25) is 0 Å². The Morgan fingerprint density at radius 3 is 2.22 bits per heavy atom. The van der Waals surface area contributed by atoms with Crippen LogP contribution in [0.25, 0.3) is 0 Å². The van der Waals surface area contributed by atoms with E-state index in [9.17, 15) is 29.4 Å². The summed E-state index contributed by atoms with van der Waals surface area (Å²) < 4.78 is 30.2. The Morgan fingerprint density at radius 1 is 1.00 bits per heavy atom. The predicted octanol–water partition coefficient (Wildman–Crippen LogP) is 3.87. The van der Waals surface area contributed by atoms with Crippen molar-refractivity contribution in [1.29, 1.82) is 0 Å². The van der Waals surface area contributed by atoms with Crippen LogP contribution in [0.1, 0.15) is 90.2 Å². The molecule has 2 saturated carbocycles. The number of ketones is 1. The minimum absolute atomic E-state index is 0.0716. The summed E-state index contributed by atoms with van der Waals surface area (Å²) in [5.74, 6) is -4.26. The zero-order valence-corrected chi connectivity index (χ0v) is 33.9. The number of carbonyl (C=O) groups excluding carboxylic acids is 5. The minimum Gasteiger partial charge on any atom is -0.456 e. The van der Waals surface area contributed by atoms with E-state index >= 15 is 4.79 Å². The lowest BCUT2D eigenvalue weighted by Crippen LogP contribution is -2.81. The van der Waals surface area contributed by atoms with E-state index in [1.807, 2.05) is 0 Å². The van der Waals surface area contributed by atoms with Crippen molar-refractivity contribution in [1.82, 2.24) is 10.7 Å². The number of rotatable bonds is 8. The number of hydrogen-bond donors (Lipinski definition) is 4. The number of fused-ring (bicyclic) bond motifs is 4. The molecule has 310 valence electrons. The van der Waals surface area contributed by atoms with E-state index in [0.29, 0.717) is 5.56 Å². The molecule has 0 aromatic heterocycles. The summed E-state index contributed by atoms with van der Waals surface area (Å²) in [4.78, 5) is 69.4. The van der Waals surface area contributed by atoms with Crippen molar-refractivity contribution in [3.05, 3.63) is 82.9 Å². The van der Waals surface area contributed by atoms with E-state index in [1.54, 1.807) is 109 Å². The molecule has 2 aliphatic heterocycles. The molecule has 2 heterocycles. The van der Waals surface area contributed by atoms with Gasteiger partial charge in [0.2, 0.25) is 5.78 Å². The number of nitrogens with zero attached hydrogens (tertiary/aromatic N) is 1. The van der Waals surface area contributed by atoms with E-state index in [-0.39, 0.29) is 35.4 Å². The van der Waals surface area contributed by atoms with Crippen molar-refractivity contribution < 1.29 is 57.9 Å². The molecule has 2 aromatic rings. The van der Waals surface area contributed by atoms with Gasteiger partial charge in [-0.05, 0) is 51.0 Å². The minimum atomic E-state index is -2.21. The lowest BCUT2D eigenvalue weighted by Gasteiger charge is -2.66. The Kier molecular flexibility index (Phi) is 10.1. The molecule has 5 aliphatic rings. The summed E-state index contributed by atoms with van der Waals surface area (Å²) in [6, 6.07) is 14.6. The molecule has 15 nitrogen and oxygen atoms in total. The molecule has 3 aliphatic carbocycles. The van der Waals surface area contributed by atoms with Crippen LogP contribution in [0.3, 0.4) is 0 Å². The van der Waals surface area contributed by atoms with Gasteiger partial charge in [-0.2, -0.15) is 5.10 Å². The molecule has 2 bridgehead atoms. The number of nitrogens with one attached hydrogen (secondary N) is 2. The Morgan fingerprint density at radius 2 is 1.64 bits per heavy atom. The fourth-order valence-corrected chi connectivity index (χ4v) is 9.89. The third-order valence-corrected chi connectivity index (χ3v) is 12.8. The van der Waals surface area contributed by atoms with Gasteiger partial charge in [0.05, 0.1) is 30.2 Å². The van der Waals surface area contributed by atoms with Gasteiger partial charge >= 0.3 is 24.0 Å². The van der Waals surface area contributed by atoms with Gasteiger partial charge in [0.1, 0.15) is 35.2 Å². The van der Waals surface area contributed by atoms with Crippen molar-refractivity contribution in [2.45, 2.75) is 122 Å². The van der Waals surface area contributed by atoms with Crippen LogP contribution in [0.5, 0.6) is 0 Å². The number of benzene rings is 2. The number of ether oxygens (including phenoxy) is 5. The van der Waals surface area contributed by atoms with Crippen molar-refractivity contribution in [3.63, 3.8) is 0 Å². The van der Waals surface area contributed by atoms with Crippen LogP contribution < -0.4 is 10.7 Å². The molecule has 4 N–H and O–H groups in total. The summed E-state index contributed by atoms with van der Waals surface area (Å²) in [6.07, 6.45) is -6.62. The van der Waals surface area contributed by atoms with E-state index in [1.165, 1.54) is 6.92 Å². The molecule has 0 unspecified atom stereocenters. The maximum atomic E-state index is 15.1. The number of hydrogen-bond acceptors (Lipinski definition) is 14. The van der Waals surface area contributed by atoms with Crippen LogP contribution in [-0.2, 0) is 38.1 Å². The van der Waals surface area contributed by atoms with Crippen LogP contribution in [-0.4, -0.2) is 99.6 Å². The van der Waals surface area contributed by atoms with Gasteiger partial charge in [-0.15, -0.1) is 0 Å². The van der Waals surface area contributed by atoms with Gasteiger partial charge in [-0.25, -0.2) is 14.4 Å². The average molecular weight is 802 g/mol. The molecule has 0 radical (unpaired) electrons. The Labute approximate surface area is 336 Å². The van der Waals surface area contributed by atoms with Crippen molar-refractivity contribution in [2.75, 3.05) is 6.61 Å². The Balaban J connectivity index is 1.35. The summed E-state index contributed by atoms with van der Waals surface area (Å²) in [6.45, 7) is 12.9. The third-order valence-electron chi connectivity index (χ3n) is 12.8. The second-order valence-corrected chi connectivity index (χ2v) is 17.7. The Hall–Kier alpha value is -5.12. The molecule has 0 spiro atoms. The predicted molar refractivity (Wildman–Crippen MR) is 206 cm³/mol. The van der Waals surface area contributed by atoms with Crippen LogP contribution in [0.15, 0.2) is 76.9 Å². The molecule has 10 atom stereocenters. The molecule has 15 heteroatoms. The number of esters is 3. The largest absolute Gasteiger partial charge is 0.456 e. The van der Waals surface area contributed by atoms with E-state index < -0.39 is 106 Å². The molecule has 7 rings (SSSR count). The van der Waals surface area contributed by atoms with Gasteiger partial charge in [0.15, 0.2) is 11.7 Å². The lowest BCUT2D eigenvalue weighted by molar-refractivity contribution is -0.329. The molecular weight excluding hydrogens is 750 g/mol. The van der Waals surface area contributed by atoms with Crippen LogP contribution in [0.4, 0.5) is 4.79 Å². The molecule has 1 amide bonds. The first-order chi connectivity index (χ1) is 27.2. The highest BCUT2D eigenvalue weighted by molar-refractivity contribution is 6.48. The smallest absolute Gasteiger partial charge is 0.408 e. The summed E-state index contributed by atoms with van der Waals surface area (Å²) >= 11 is 0. The van der Waals surface area contributed by atoms with Crippen molar-refractivity contribution in [3.8, 4) is 0 Å². The summed E-state index contributed by atoms with van der Waals surface area (Å²) in [5, 5.41) is 32.3. The van der Waals surface area contributed by atoms with E-state index in [4.69, 9.17) is 23.7 Å². The highest BCUT2D eigenvalue weighted by atomic mass is 16.6. The quantitative estimate of drug-likeness (QED) is 0.221. The van der Waals surface area contributed by atoms with Gasteiger partial charge in [0, 0.05) is 36.2 Å². The van der Waals surface area contributed by atoms with Crippen molar-refractivity contribution >= 4 is 35.5 Å². The number of aliphatic hydroxyl groups is 2. The number of hydrazone groups is 1. The maximum absolute atomic E-state index is 15.1. The molecule has 1 saturated heterocycles. The SMILES string of the molecule is CC(=O)O[C@@]12CO[C@@H]1C[C@@H]1NN=C3C(=O)C4=C(C)[C@@H](OC(=O)[C@H](O)[C@@H](NC(=O)OC(C)(C)C)c5ccccc5)C[C@@](O)([C@@H](OC(=O)c5ccccc5)[C@H]2[C@]31C)C4(C)C. The zero-order valence-electron chi connectivity index (χ0n) is 33.9. The number of carbonyl (C=O) groups is 5. The first-order valence-electron chi connectivity index (χ1n) is 19.5. The van der Waals surface area contributed by atoms with Gasteiger partial charge in [0.25, 0.3) is 0 Å². The summed E-state index contributed by atoms with van der Waals surface area (Å²) in [5.41, 5.74) is -3.26. The first kappa shape index (κ1) is 41.1. The number of alkyl carbamates (subject to hydrolysis) is 1. The monoisotopic (exact) mass is 801 g/mol. The third kappa shape index (κ3) is 6.47. The van der Waals surface area contributed by atoms with E-state index in [0.717, 1.165) is 0 Å². The summed E-state index contributed by atoms with van der Waals surface area (Å²) in [7, 11) is 0. The Bertz CT molecular complexity index is 2080. The van der Waals surface area contributed by atoms with E-state index in [2.05, 4.69) is 15.8 Å². The normalized spacial score (nSPS) is 32.9.